The van der Waals surface area contributed by atoms with Gasteiger partial charge in [0.15, 0.2) is 5.75 Å². The number of aromatic nitrogens is 1. The molecule has 0 amide bonds. The Morgan fingerprint density at radius 3 is 3.08 bits per heavy atom. The van der Waals surface area contributed by atoms with Gasteiger partial charge in [-0.25, -0.2) is 4.98 Å². The van der Waals surface area contributed by atoms with Gasteiger partial charge in [0.1, 0.15) is 13.2 Å². The summed E-state index contributed by atoms with van der Waals surface area (Å²) in [5.41, 5.74) is 6.45. The summed E-state index contributed by atoms with van der Waals surface area (Å²) in [6, 6.07) is 1.84. The van der Waals surface area contributed by atoms with Crippen LogP contribution in [0.1, 0.15) is 5.56 Å². The molecule has 64 valence electrons. The van der Waals surface area contributed by atoms with Crippen LogP contribution in [0.4, 0.5) is 0 Å². The SMILES string of the molecule is NCc1ccnc2c1OCCO2. The molecular weight excluding hydrogens is 156 g/mol. The zero-order valence-corrected chi connectivity index (χ0v) is 6.62. The van der Waals surface area contributed by atoms with E-state index in [4.69, 9.17) is 15.2 Å². The van der Waals surface area contributed by atoms with Gasteiger partial charge in [0.25, 0.3) is 5.88 Å². The minimum Gasteiger partial charge on any atom is -0.484 e. The van der Waals surface area contributed by atoms with E-state index in [0.29, 0.717) is 31.4 Å². The van der Waals surface area contributed by atoms with Crippen LogP contribution in [0.25, 0.3) is 0 Å². The molecule has 2 heterocycles. The summed E-state index contributed by atoms with van der Waals surface area (Å²) in [6.07, 6.45) is 1.68. The molecule has 0 saturated heterocycles. The second kappa shape index (κ2) is 2.98. The molecule has 4 heteroatoms. The van der Waals surface area contributed by atoms with Gasteiger partial charge in [-0.05, 0) is 6.07 Å². The van der Waals surface area contributed by atoms with Gasteiger partial charge in [0.05, 0.1) is 0 Å². The van der Waals surface area contributed by atoms with E-state index in [0.717, 1.165) is 5.56 Å². The van der Waals surface area contributed by atoms with Crippen molar-refractivity contribution < 1.29 is 9.47 Å². The van der Waals surface area contributed by atoms with E-state index in [1.807, 2.05) is 6.07 Å². The third kappa shape index (κ3) is 1.10. The first-order valence-electron chi connectivity index (χ1n) is 3.85. The topological polar surface area (TPSA) is 57.4 Å². The summed E-state index contributed by atoms with van der Waals surface area (Å²) < 4.78 is 10.7. The molecular formula is C8H10N2O2. The third-order valence-electron chi connectivity index (χ3n) is 1.74. The van der Waals surface area contributed by atoms with Crippen molar-refractivity contribution in [3.8, 4) is 11.6 Å². The van der Waals surface area contributed by atoms with Crippen LogP contribution >= 0.6 is 0 Å². The fraction of sp³-hybridized carbons (Fsp3) is 0.375. The van der Waals surface area contributed by atoms with Crippen LogP contribution in [0.2, 0.25) is 0 Å². The highest BCUT2D eigenvalue weighted by Gasteiger charge is 2.15. The van der Waals surface area contributed by atoms with Crippen LogP contribution in [0, 0.1) is 0 Å². The zero-order chi connectivity index (χ0) is 8.39. The van der Waals surface area contributed by atoms with E-state index in [-0.39, 0.29) is 0 Å². The Balaban J connectivity index is 2.44. The number of hydrogen-bond donors (Lipinski definition) is 1. The third-order valence-corrected chi connectivity index (χ3v) is 1.74. The van der Waals surface area contributed by atoms with Crippen molar-refractivity contribution in [3.05, 3.63) is 17.8 Å². The van der Waals surface area contributed by atoms with E-state index < -0.39 is 0 Å². The van der Waals surface area contributed by atoms with Gasteiger partial charge in [-0.15, -0.1) is 0 Å². The Morgan fingerprint density at radius 1 is 1.42 bits per heavy atom. The van der Waals surface area contributed by atoms with Crippen LogP contribution in [0.3, 0.4) is 0 Å². The maximum atomic E-state index is 5.51. The highest BCUT2D eigenvalue weighted by atomic mass is 16.6. The Bertz CT molecular complexity index is 274. The van der Waals surface area contributed by atoms with Crippen molar-refractivity contribution in [1.82, 2.24) is 4.98 Å². The first kappa shape index (κ1) is 7.36. The second-order valence-corrected chi connectivity index (χ2v) is 2.51. The monoisotopic (exact) mass is 166 g/mol. The van der Waals surface area contributed by atoms with E-state index in [2.05, 4.69) is 4.98 Å². The lowest BCUT2D eigenvalue weighted by molar-refractivity contribution is 0.163. The summed E-state index contributed by atoms with van der Waals surface area (Å²) in [6.45, 7) is 1.59. The molecule has 1 aromatic rings. The lowest BCUT2D eigenvalue weighted by Crippen LogP contribution is -2.18. The minimum absolute atomic E-state index is 0.453. The lowest BCUT2D eigenvalue weighted by Gasteiger charge is -2.18. The number of nitrogens with two attached hydrogens (primary N) is 1. The number of nitrogens with zero attached hydrogens (tertiary/aromatic N) is 1. The second-order valence-electron chi connectivity index (χ2n) is 2.51. The van der Waals surface area contributed by atoms with Crippen molar-refractivity contribution in [2.24, 2.45) is 5.73 Å². The lowest BCUT2D eigenvalue weighted by atomic mass is 10.2. The molecule has 2 N–H and O–H groups in total. The van der Waals surface area contributed by atoms with E-state index in [1.54, 1.807) is 6.20 Å². The summed E-state index contributed by atoms with van der Waals surface area (Å²) in [5.74, 6) is 1.26. The fourth-order valence-corrected chi connectivity index (χ4v) is 1.17. The molecule has 1 aliphatic rings. The summed E-state index contributed by atoms with van der Waals surface area (Å²) >= 11 is 0. The molecule has 0 unspecified atom stereocenters. The molecule has 0 saturated carbocycles. The molecule has 0 aromatic carbocycles. The van der Waals surface area contributed by atoms with Gasteiger partial charge in [-0.1, -0.05) is 0 Å². The Labute approximate surface area is 70.3 Å². The summed E-state index contributed by atoms with van der Waals surface area (Å²) in [5, 5.41) is 0. The standard InChI is InChI=1S/C8H10N2O2/c9-5-6-1-2-10-8-7(6)11-3-4-12-8/h1-2H,3-5,9H2. The number of hydrogen-bond acceptors (Lipinski definition) is 4. The van der Waals surface area contributed by atoms with Crippen LogP contribution in [-0.2, 0) is 6.54 Å². The number of rotatable bonds is 1. The molecule has 0 aliphatic carbocycles. The van der Waals surface area contributed by atoms with Gasteiger partial charge < -0.3 is 15.2 Å². The molecule has 0 radical (unpaired) electrons. The normalized spacial score (nSPS) is 14.4. The van der Waals surface area contributed by atoms with Crippen molar-refractivity contribution in [1.29, 1.82) is 0 Å². The molecule has 1 aromatic heterocycles. The highest BCUT2D eigenvalue weighted by Crippen LogP contribution is 2.30. The number of fused-ring (bicyclic) bond motifs is 1. The maximum Gasteiger partial charge on any atom is 0.257 e. The average molecular weight is 166 g/mol. The van der Waals surface area contributed by atoms with Crippen LogP contribution in [0.5, 0.6) is 11.6 Å². The Hall–Kier alpha value is -1.29. The van der Waals surface area contributed by atoms with Crippen LogP contribution in [0.15, 0.2) is 12.3 Å². The summed E-state index contributed by atoms with van der Waals surface area (Å²) in [7, 11) is 0. The maximum absolute atomic E-state index is 5.51. The van der Waals surface area contributed by atoms with Crippen molar-refractivity contribution in [2.75, 3.05) is 13.2 Å². The van der Waals surface area contributed by atoms with Gasteiger partial charge in [-0.3, -0.25) is 0 Å². The molecule has 12 heavy (non-hydrogen) atoms. The first-order valence-corrected chi connectivity index (χ1v) is 3.85. The quantitative estimate of drug-likeness (QED) is 0.652. The summed E-state index contributed by atoms with van der Waals surface area (Å²) in [4.78, 5) is 4.03. The van der Waals surface area contributed by atoms with Crippen LogP contribution in [-0.4, -0.2) is 18.2 Å². The Morgan fingerprint density at radius 2 is 2.25 bits per heavy atom. The van der Waals surface area contributed by atoms with Gasteiger partial charge in [0, 0.05) is 18.3 Å². The fourth-order valence-electron chi connectivity index (χ4n) is 1.17. The predicted molar refractivity (Wildman–Crippen MR) is 43.1 cm³/mol. The largest absolute Gasteiger partial charge is 0.484 e. The van der Waals surface area contributed by atoms with E-state index in [9.17, 15) is 0 Å². The van der Waals surface area contributed by atoms with Crippen LogP contribution < -0.4 is 15.2 Å². The predicted octanol–water partition coefficient (Wildman–Crippen LogP) is 0.311. The molecule has 0 spiro atoms. The average Bonchev–Trinajstić information content (AvgIpc) is 2.17. The van der Waals surface area contributed by atoms with Gasteiger partial charge >= 0.3 is 0 Å². The molecule has 0 fully saturated rings. The van der Waals surface area contributed by atoms with Gasteiger partial charge in [0.2, 0.25) is 0 Å². The first-order chi connectivity index (χ1) is 5.92. The molecule has 2 rings (SSSR count). The molecule has 1 aliphatic heterocycles. The van der Waals surface area contributed by atoms with Crippen molar-refractivity contribution in [2.45, 2.75) is 6.54 Å². The van der Waals surface area contributed by atoms with E-state index in [1.165, 1.54) is 0 Å². The van der Waals surface area contributed by atoms with Gasteiger partial charge in [-0.2, -0.15) is 0 Å². The Kier molecular flexibility index (Phi) is 1.83. The number of pyridine rings is 1. The number of ether oxygens (including phenoxy) is 2. The van der Waals surface area contributed by atoms with Crippen molar-refractivity contribution in [3.63, 3.8) is 0 Å². The molecule has 4 nitrogen and oxygen atoms in total. The highest BCUT2D eigenvalue weighted by molar-refractivity contribution is 5.42. The smallest absolute Gasteiger partial charge is 0.257 e. The molecule has 0 bridgehead atoms. The van der Waals surface area contributed by atoms with E-state index >= 15 is 0 Å². The molecule has 0 atom stereocenters. The minimum atomic E-state index is 0.453. The van der Waals surface area contributed by atoms with Crippen molar-refractivity contribution >= 4 is 0 Å². The zero-order valence-electron chi connectivity index (χ0n) is 6.62.